The van der Waals surface area contributed by atoms with E-state index in [1.807, 2.05) is 67.6 Å². The largest absolute Gasteiger partial charge is 0.389 e. The Morgan fingerprint density at radius 2 is 1.56 bits per heavy atom. The Labute approximate surface area is 252 Å². The number of rotatable bonds is 11. The fourth-order valence-corrected chi connectivity index (χ4v) is 5.56. The maximum absolute atomic E-state index is 13.7. The van der Waals surface area contributed by atoms with Crippen LogP contribution in [0.3, 0.4) is 0 Å². The van der Waals surface area contributed by atoms with Crippen LogP contribution >= 0.6 is 0 Å². The van der Waals surface area contributed by atoms with Gasteiger partial charge >= 0.3 is 0 Å². The van der Waals surface area contributed by atoms with Crippen molar-refractivity contribution in [3.63, 3.8) is 0 Å². The predicted octanol–water partition coefficient (Wildman–Crippen LogP) is 2.60. The summed E-state index contributed by atoms with van der Waals surface area (Å²) in [6.07, 6.45) is 0.741. The molecule has 2 amide bonds. The van der Waals surface area contributed by atoms with Crippen molar-refractivity contribution < 1.29 is 27.9 Å². The number of hydrogen-bond acceptors (Lipinski definition) is 7. The average molecular weight is 607 g/mol. The van der Waals surface area contributed by atoms with E-state index >= 15 is 0 Å². The summed E-state index contributed by atoms with van der Waals surface area (Å²) in [4.78, 5) is 39.2. The van der Waals surface area contributed by atoms with Gasteiger partial charge < -0.3 is 21.1 Å². The van der Waals surface area contributed by atoms with Gasteiger partial charge in [-0.05, 0) is 42.7 Å². The Morgan fingerprint density at radius 3 is 2.14 bits per heavy atom. The lowest BCUT2D eigenvalue weighted by atomic mass is 9.90. The highest BCUT2D eigenvalue weighted by Crippen LogP contribution is 2.23. The van der Waals surface area contributed by atoms with E-state index < -0.39 is 40.0 Å². The van der Waals surface area contributed by atoms with Crippen molar-refractivity contribution in [2.45, 2.75) is 50.4 Å². The van der Waals surface area contributed by atoms with E-state index in [1.54, 1.807) is 0 Å². The lowest BCUT2D eigenvalue weighted by Gasteiger charge is -2.33. The number of sulfonamides is 1. The van der Waals surface area contributed by atoms with E-state index in [0.29, 0.717) is 13.0 Å². The first kappa shape index (κ1) is 31.9. The molecule has 0 aliphatic carbocycles. The predicted molar refractivity (Wildman–Crippen MR) is 165 cm³/mol. The second-order valence-corrected chi connectivity index (χ2v) is 12.9. The van der Waals surface area contributed by atoms with Crippen LogP contribution in [0.25, 0.3) is 0 Å². The number of nitrogens with zero attached hydrogens (tertiary/aromatic N) is 1. The lowest BCUT2D eigenvalue weighted by molar-refractivity contribution is -0.121. The number of carbonyl (C=O) groups is 3. The second-order valence-electron chi connectivity index (χ2n) is 10.9. The molecule has 4 N–H and O–H groups in total. The zero-order valence-electron chi connectivity index (χ0n) is 24.5. The van der Waals surface area contributed by atoms with Crippen LogP contribution in [0.1, 0.15) is 57.7 Å². The number of nitrogens with one attached hydrogen (secondary N) is 3. The van der Waals surface area contributed by atoms with Crippen molar-refractivity contribution in [3.8, 4) is 0 Å². The highest BCUT2D eigenvalue weighted by molar-refractivity contribution is 7.92. The van der Waals surface area contributed by atoms with Crippen LogP contribution in [-0.2, 0) is 21.2 Å². The standard InChI is InChI=1S/C32H38N4O6S/c1-21(23-12-8-5-9-13-23)34-31(39)24-17-25(19-26(18-24)36(2)43(3,41)42)32(40)35-29(16-22-10-6-4-7-11-22)30(38)28-20-27(37)14-15-33-28/h4-13,17-19,21,28-30,33,38H,14-16,20H2,1-3H3,(H,34,39)(H,35,40)/t21-,28-,29+,30-/m1/s1. The fraction of sp³-hybridized carbons (Fsp3) is 0.344. The minimum atomic E-state index is -3.71. The van der Waals surface area contributed by atoms with Gasteiger partial charge in [-0.15, -0.1) is 0 Å². The lowest BCUT2D eigenvalue weighted by Crippen LogP contribution is -2.56. The summed E-state index contributed by atoms with van der Waals surface area (Å²) < 4.78 is 25.8. The van der Waals surface area contributed by atoms with Gasteiger partial charge in [-0.3, -0.25) is 18.7 Å². The molecule has 3 aromatic rings. The molecule has 1 saturated heterocycles. The third kappa shape index (κ3) is 8.50. The maximum atomic E-state index is 13.7. The van der Waals surface area contributed by atoms with E-state index in [0.717, 1.165) is 21.7 Å². The number of ketones is 1. The highest BCUT2D eigenvalue weighted by Gasteiger charge is 2.33. The van der Waals surface area contributed by atoms with E-state index in [9.17, 15) is 27.9 Å². The summed E-state index contributed by atoms with van der Waals surface area (Å²) in [5.41, 5.74) is 2.02. The molecule has 10 nitrogen and oxygen atoms in total. The minimum absolute atomic E-state index is 0.0319. The number of piperidine rings is 1. The van der Waals surface area contributed by atoms with E-state index in [-0.39, 0.29) is 41.5 Å². The molecular weight excluding hydrogens is 568 g/mol. The maximum Gasteiger partial charge on any atom is 0.251 e. The fourth-order valence-electron chi connectivity index (χ4n) is 5.07. The van der Waals surface area contributed by atoms with Gasteiger partial charge in [0.2, 0.25) is 10.0 Å². The highest BCUT2D eigenvalue weighted by atomic mass is 32.2. The molecule has 4 rings (SSSR count). The monoisotopic (exact) mass is 606 g/mol. The van der Waals surface area contributed by atoms with Crippen LogP contribution in [0, 0.1) is 0 Å². The van der Waals surface area contributed by atoms with Crippen LogP contribution in [0.15, 0.2) is 78.9 Å². The summed E-state index contributed by atoms with van der Waals surface area (Å²) in [5.74, 6) is -1.06. The second kappa shape index (κ2) is 13.9. The Bertz CT molecular complexity index is 1550. The first-order valence-electron chi connectivity index (χ1n) is 14.1. The van der Waals surface area contributed by atoms with Gasteiger partial charge in [0.05, 0.1) is 30.1 Å². The number of anilines is 1. The quantitative estimate of drug-likeness (QED) is 0.263. The van der Waals surface area contributed by atoms with Crippen LogP contribution in [0.5, 0.6) is 0 Å². The molecule has 3 aromatic carbocycles. The number of benzene rings is 3. The smallest absolute Gasteiger partial charge is 0.251 e. The van der Waals surface area contributed by atoms with Crippen LogP contribution in [-0.4, -0.2) is 69.2 Å². The number of aliphatic hydroxyl groups is 1. The molecule has 0 bridgehead atoms. The topological polar surface area (TPSA) is 145 Å². The first-order chi connectivity index (χ1) is 20.4. The van der Waals surface area contributed by atoms with E-state index in [4.69, 9.17) is 0 Å². The first-order valence-corrected chi connectivity index (χ1v) is 16.0. The molecule has 43 heavy (non-hydrogen) atoms. The molecule has 11 heteroatoms. The van der Waals surface area contributed by atoms with Gasteiger partial charge in [-0.25, -0.2) is 8.42 Å². The molecule has 0 unspecified atom stereocenters. The summed E-state index contributed by atoms with van der Waals surface area (Å²) >= 11 is 0. The SMILES string of the molecule is C[C@@H](NC(=O)c1cc(C(=O)N[C@@H](Cc2ccccc2)[C@H](O)[C@H]2CC(=O)CCN2)cc(N(C)S(C)(=O)=O)c1)c1ccccc1. The number of Topliss-reactive ketones (excluding diaryl/α,β-unsaturated/α-hetero) is 1. The Kier molecular flexibility index (Phi) is 10.3. The van der Waals surface area contributed by atoms with Crippen LogP contribution in [0.2, 0.25) is 0 Å². The molecule has 1 aliphatic heterocycles. The van der Waals surface area contributed by atoms with Crippen molar-refractivity contribution in [1.29, 1.82) is 0 Å². The molecule has 228 valence electrons. The van der Waals surface area contributed by atoms with Gasteiger partial charge in [-0.2, -0.15) is 0 Å². The number of hydrogen-bond donors (Lipinski definition) is 4. The zero-order chi connectivity index (χ0) is 31.1. The molecule has 0 aromatic heterocycles. The van der Waals surface area contributed by atoms with Crippen LogP contribution in [0.4, 0.5) is 5.69 Å². The van der Waals surface area contributed by atoms with Crippen molar-refractivity contribution in [2.75, 3.05) is 24.2 Å². The third-order valence-corrected chi connectivity index (χ3v) is 8.85. The Balaban J connectivity index is 1.65. The van der Waals surface area contributed by atoms with E-state index in [2.05, 4.69) is 16.0 Å². The normalized spacial score (nSPS) is 17.4. The number of aliphatic hydroxyl groups excluding tert-OH is 1. The Morgan fingerprint density at radius 1 is 0.977 bits per heavy atom. The summed E-state index contributed by atoms with van der Waals surface area (Å²) in [5, 5.41) is 20.3. The molecule has 1 heterocycles. The third-order valence-electron chi connectivity index (χ3n) is 7.65. The van der Waals surface area contributed by atoms with Gasteiger partial charge in [-0.1, -0.05) is 60.7 Å². The van der Waals surface area contributed by atoms with Crippen LogP contribution < -0.4 is 20.3 Å². The molecular formula is C32H38N4O6S. The molecule has 0 spiro atoms. The van der Waals surface area contributed by atoms with Gasteiger partial charge in [0.25, 0.3) is 11.8 Å². The van der Waals surface area contributed by atoms with Gasteiger partial charge in [0.1, 0.15) is 5.78 Å². The van der Waals surface area contributed by atoms with Crippen molar-refractivity contribution in [2.24, 2.45) is 0 Å². The average Bonchev–Trinajstić information content (AvgIpc) is 3.00. The molecule has 1 fully saturated rings. The summed E-state index contributed by atoms with van der Waals surface area (Å²) in [7, 11) is -2.37. The summed E-state index contributed by atoms with van der Waals surface area (Å²) in [6.45, 7) is 2.26. The molecule has 4 atom stereocenters. The van der Waals surface area contributed by atoms with Gasteiger partial charge in [0.15, 0.2) is 0 Å². The van der Waals surface area contributed by atoms with Crippen molar-refractivity contribution in [3.05, 3.63) is 101 Å². The zero-order valence-corrected chi connectivity index (χ0v) is 25.3. The molecule has 0 saturated carbocycles. The summed E-state index contributed by atoms with van der Waals surface area (Å²) in [6, 6.07) is 21.2. The minimum Gasteiger partial charge on any atom is -0.389 e. The molecule has 1 aliphatic rings. The Hall–Kier alpha value is -4.06. The van der Waals surface area contributed by atoms with Crippen molar-refractivity contribution >= 4 is 33.3 Å². The van der Waals surface area contributed by atoms with Crippen molar-refractivity contribution in [1.82, 2.24) is 16.0 Å². The molecule has 0 radical (unpaired) electrons. The van der Waals surface area contributed by atoms with E-state index in [1.165, 1.54) is 25.2 Å². The van der Waals surface area contributed by atoms with Gasteiger partial charge in [0, 0.05) is 43.6 Å². The number of carbonyl (C=O) groups excluding carboxylic acids is 3. The number of amides is 2.